The normalized spacial score (nSPS) is 17.6. The Morgan fingerprint density at radius 3 is 2.36 bits per heavy atom. The second kappa shape index (κ2) is 8.80. The van der Waals surface area contributed by atoms with Crippen LogP contribution in [-0.2, 0) is 19.1 Å². The van der Waals surface area contributed by atoms with E-state index in [4.69, 9.17) is 0 Å². The number of rotatable bonds is 6. The zero-order chi connectivity index (χ0) is 20.2. The first-order valence-corrected chi connectivity index (χ1v) is 10.4. The van der Waals surface area contributed by atoms with Crippen molar-refractivity contribution in [1.82, 2.24) is 14.9 Å². The fourth-order valence-corrected chi connectivity index (χ4v) is 4.04. The van der Waals surface area contributed by atoms with E-state index in [2.05, 4.69) is 14.9 Å². The van der Waals surface area contributed by atoms with Gasteiger partial charge in [0.05, 0.1) is 5.56 Å². The molecule has 0 radical (unpaired) electrons. The zero-order valence-electron chi connectivity index (χ0n) is 15.7. The first-order chi connectivity index (χ1) is 13.3. The fourth-order valence-electron chi connectivity index (χ4n) is 3.72. The summed E-state index contributed by atoms with van der Waals surface area (Å²) in [5, 5.41) is 10.7. The molecule has 8 heteroatoms. The largest absolute Gasteiger partial charge is 0.416 e. The first kappa shape index (κ1) is 21.1. The van der Waals surface area contributed by atoms with Crippen LogP contribution in [0.3, 0.4) is 0 Å². The first-order valence-electron chi connectivity index (χ1n) is 9.18. The highest BCUT2D eigenvalue weighted by Crippen LogP contribution is 2.39. The third-order valence-electron chi connectivity index (χ3n) is 5.41. The van der Waals surface area contributed by atoms with E-state index >= 15 is 0 Å². The van der Waals surface area contributed by atoms with Crippen LogP contribution >= 0.6 is 11.8 Å². The predicted molar refractivity (Wildman–Crippen MR) is 103 cm³/mol. The van der Waals surface area contributed by atoms with Crippen LogP contribution in [0.15, 0.2) is 41.8 Å². The Morgan fingerprint density at radius 2 is 1.79 bits per heavy atom. The highest BCUT2D eigenvalue weighted by atomic mass is 32.2. The molecule has 0 saturated carbocycles. The maximum Gasteiger partial charge on any atom is 0.416 e. The second-order valence-corrected chi connectivity index (χ2v) is 8.12. The topological polar surface area (TPSA) is 49.2 Å². The van der Waals surface area contributed by atoms with E-state index in [-0.39, 0.29) is 18.6 Å². The van der Waals surface area contributed by atoms with E-state index in [1.165, 1.54) is 23.9 Å². The lowest BCUT2D eigenvalue weighted by Crippen LogP contribution is -2.43. The van der Waals surface area contributed by atoms with Crippen LogP contribution < -0.4 is 0 Å². The lowest BCUT2D eigenvalue weighted by atomic mass is 9.73. The average Bonchev–Trinajstić information content (AvgIpc) is 2.70. The molecule has 152 valence electrons. The molecule has 1 fully saturated rings. The summed E-state index contributed by atoms with van der Waals surface area (Å²) < 4.78 is 39.9. The van der Waals surface area contributed by atoms with Gasteiger partial charge in [-0.1, -0.05) is 30.0 Å². The number of hydrogen-bond donors (Lipinski definition) is 1. The monoisotopic (exact) mass is 411 g/mol. The van der Waals surface area contributed by atoms with Crippen molar-refractivity contribution in [2.45, 2.75) is 37.1 Å². The van der Waals surface area contributed by atoms with Crippen LogP contribution in [-0.4, -0.2) is 45.9 Å². The number of aliphatic hydroxyl groups is 1. The summed E-state index contributed by atoms with van der Waals surface area (Å²) in [6.45, 7) is 2.03. The third-order valence-corrected chi connectivity index (χ3v) is 5.99. The quantitative estimate of drug-likeness (QED) is 0.574. The summed E-state index contributed by atoms with van der Waals surface area (Å²) in [5.41, 5.74) is 0.156. The van der Waals surface area contributed by atoms with E-state index in [0.29, 0.717) is 19.4 Å². The number of aliphatic hydroxyl groups excluding tert-OH is 1. The number of benzene rings is 1. The Balaban J connectivity index is 1.65. The van der Waals surface area contributed by atoms with Crippen LogP contribution in [0.1, 0.15) is 29.5 Å². The van der Waals surface area contributed by atoms with Crippen molar-refractivity contribution in [2.75, 3.05) is 26.0 Å². The summed E-state index contributed by atoms with van der Waals surface area (Å²) >= 11 is 1.49. The van der Waals surface area contributed by atoms with E-state index in [1.54, 1.807) is 6.07 Å². The highest BCUT2D eigenvalue weighted by molar-refractivity contribution is 7.98. The molecular weight excluding hydrogens is 387 g/mol. The molecule has 0 amide bonds. The van der Waals surface area contributed by atoms with Gasteiger partial charge in [0.15, 0.2) is 5.16 Å². The lowest BCUT2D eigenvalue weighted by Gasteiger charge is -2.41. The maximum absolute atomic E-state index is 13.3. The van der Waals surface area contributed by atoms with Gasteiger partial charge in [0.25, 0.3) is 0 Å². The summed E-state index contributed by atoms with van der Waals surface area (Å²) in [5.74, 6) is 0. The van der Waals surface area contributed by atoms with E-state index in [1.807, 2.05) is 18.6 Å². The number of piperidine rings is 1. The number of halogens is 3. The van der Waals surface area contributed by atoms with Crippen molar-refractivity contribution in [3.63, 3.8) is 0 Å². The second-order valence-electron chi connectivity index (χ2n) is 7.34. The Morgan fingerprint density at radius 1 is 1.14 bits per heavy atom. The molecule has 1 aliphatic rings. The maximum atomic E-state index is 13.3. The van der Waals surface area contributed by atoms with Crippen molar-refractivity contribution in [3.8, 4) is 0 Å². The number of aromatic nitrogens is 2. The van der Waals surface area contributed by atoms with Gasteiger partial charge < -0.3 is 5.11 Å². The number of hydrogen-bond acceptors (Lipinski definition) is 5. The minimum Gasteiger partial charge on any atom is -0.396 e. The van der Waals surface area contributed by atoms with Crippen LogP contribution in [0.4, 0.5) is 13.2 Å². The van der Waals surface area contributed by atoms with E-state index in [0.717, 1.165) is 29.9 Å². The van der Waals surface area contributed by atoms with Crippen molar-refractivity contribution in [3.05, 3.63) is 53.3 Å². The summed E-state index contributed by atoms with van der Waals surface area (Å²) in [6.07, 6.45) is 2.71. The molecule has 3 rings (SSSR count). The standard InChI is InChI=1S/C20H24F3N3OS/c1-28-18-24-11-15(12-25-18)13-26-8-6-19(14-27,7-9-26)10-16-4-2-3-5-17(16)20(21,22)23/h2-5,11-12,27H,6-10,13-14H2,1H3. The van der Waals surface area contributed by atoms with Gasteiger partial charge in [0.2, 0.25) is 0 Å². The molecule has 1 aromatic carbocycles. The van der Waals surface area contributed by atoms with Crippen LogP contribution in [0.2, 0.25) is 0 Å². The number of likely N-dealkylation sites (tertiary alicyclic amines) is 1. The van der Waals surface area contributed by atoms with Gasteiger partial charge in [-0.25, -0.2) is 9.97 Å². The van der Waals surface area contributed by atoms with Crippen molar-refractivity contribution >= 4 is 11.8 Å². The molecule has 2 heterocycles. The summed E-state index contributed by atoms with van der Waals surface area (Å²) in [7, 11) is 0. The van der Waals surface area contributed by atoms with Gasteiger partial charge in [0.1, 0.15) is 0 Å². The molecule has 0 aliphatic carbocycles. The molecule has 0 bridgehead atoms. The van der Waals surface area contributed by atoms with Gasteiger partial charge in [-0.2, -0.15) is 13.2 Å². The minimum atomic E-state index is -4.38. The van der Waals surface area contributed by atoms with Crippen molar-refractivity contribution < 1.29 is 18.3 Å². The molecule has 2 aromatic rings. The molecule has 4 nitrogen and oxygen atoms in total. The third kappa shape index (κ3) is 5.04. The molecule has 0 unspecified atom stereocenters. The molecule has 1 N–H and O–H groups in total. The zero-order valence-corrected chi connectivity index (χ0v) is 16.6. The molecule has 28 heavy (non-hydrogen) atoms. The van der Waals surface area contributed by atoms with Gasteiger partial charge in [0, 0.05) is 31.1 Å². The minimum absolute atomic E-state index is 0.113. The van der Waals surface area contributed by atoms with E-state index < -0.39 is 17.2 Å². The average molecular weight is 411 g/mol. The Labute approximate surface area is 167 Å². The van der Waals surface area contributed by atoms with Crippen molar-refractivity contribution in [1.29, 1.82) is 0 Å². The summed E-state index contributed by atoms with van der Waals surface area (Å²) in [4.78, 5) is 10.8. The molecule has 0 spiro atoms. The highest BCUT2D eigenvalue weighted by Gasteiger charge is 2.38. The molecular formula is C20H24F3N3OS. The molecule has 1 aromatic heterocycles. The predicted octanol–water partition coefficient (Wildman–Crippen LogP) is 4.03. The fraction of sp³-hybridized carbons (Fsp3) is 0.500. The number of thioether (sulfide) groups is 1. The smallest absolute Gasteiger partial charge is 0.396 e. The molecule has 1 aliphatic heterocycles. The summed E-state index contributed by atoms with van der Waals surface area (Å²) in [6, 6.07) is 5.68. The molecule has 1 saturated heterocycles. The van der Waals surface area contributed by atoms with Crippen LogP contribution in [0.25, 0.3) is 0 Å². The van der Waals surface area contributed by atoms with Crippen LogP contribution in [0, 0.1) is 5.41 Å². The Kier molecular flexibility index (Phi) is 6.62. The van der Waals surface area contributed by atoms with Crippen molar-refractivity contribution in [2.24, 2.45) is 5.41 Å². The molecule has 0 atom stereocenters. The SMILES string of the molecule is CSc1ncc(CN2CCC(CO)(Cc3ccccc3C(F)(F)F)CC2)cn1. The van der Waals surface area contributed by atoms with Crippen LogP contribution in [0.5, 0.6) is 0 Å². The van der Waals surface area contributed by atoms with Gasteiger partial charge in [-0.15, -0.1) is 0 Å². The lowest BCUT2D eigenvalue weighted by molar-refractivity contribution is -0.138. The van der Waals surface area contributed by atoms with Gasteiger partial charge in [-0.3, -0.25) is 4.90 Å². The number of alkyl halides is 3. The van der Waals surface area contributed by atoms with Gasteiger partial charge in [-0.05, 0) is 55.7 Å². The van der Waals surface area contributed by atoms with E-state index in [9.17, 15) is 18.3 Å². The Hall–Kier alpha value is -1.64. The number of nitrogens with zero attached hydrogens (tertiary/aromatic N) is 3. The van der Waals surface area contributed by atoms with Gasteiger partial charge >= 0.3 is 6.18 Å². The Bertz CT molecular complexity index is 775.